The lowest BCUT2D eigenvalue weighted by Gasteiger charge is -2.29. The first-order valence-corrected chi connectivity index (χ1v) is 10.1. The van der Waals surface area contributed by atoms with Gasteiger partial charge in [0, 0.05) is 37.4 Å². The number of piperidine rings is 1. The fraction of sp³-hybridized carbons (Fsp3) is 0.471. The molecule has 2 aromatic heterocycles. The van der Waals surface area contributed by atoms with Crippen molar-refractivity contribution in [1.82, 2.24) is 18.8 Å². The predicted octanol–water partition coefficient (Wildman–Crippen LogP) is 1.90. The lowest BCUT2D eigenvalue weighted by atomic mass is 9.97. The van der Waals surface area contributed by atoms with Crippen LogP contribution in [0.5, 0.6) is 0 Å². The molecule has 1 N–H and O–H groups in total. The highest BCUT2D eigenvalue weighted by Crippen LogP contribution is 2.24. The summed E-state index contributed by atoms with van der Waals surface area (Å²) in [4.78, 5) is 20.4. The van der Waals surface area contributed by atoms with E-state index >= 15 is 0 Å². The first-order valence-electron chi connectivity index (χ1n) is 8.62. The van der Waals surface area contributed by atoms with Crippen LogP contribution < -0.4 is 5.32 Å². The van der Waals surface area contributed by atoms with Crippen LogP contribution in [-0.2, 0) is 14.8 Å². The number of nitrogens with one attached hydrogen (secondary N) is 1. The van der Waals surface area contributed by atoms with Crippen LogP contribution in [0.25, 0.3) is 0 Å². The second kappa shape index (κ2) is 7.55. The Balaban J connectivity index is 1.61. The number of nitrogens with zero attached hydrogens (tertiary/aromatic N) is 4. The molecule has 26 heavy (non-hydrogen) atoms. The van der Waals surface area contributed by atoms with Gasteiger partial charge in [0.15, 0.2) is 5.03 Å². The van der Waals surface area contributed by atoms with E-state index in [1.165, 1.54) is 10.6 Å². The van der Waals surface area contributed by atoms with Gasteiger partial charge in [-0.25, -0.2) is 13.4 Å². The van der Waals surface area contributed by atoms with Crippen LogP contribution in [0.2, 0.25) is 0 Å². The first kappa shape index (κ1) is 18.5. The second-order valence-electron chi connectivity index (χ2n) is 6.66. The van der Waals surface area contributed by atoms with Gasteiger partial charge in [0.05, 0.1) is 18.2 Å². The SMILES string of the molecule is CC(C)n1cnc(S(=O)(=O)N2CCC(C(=O)Nc3cccnc3)CC2)c1. The molecule has 0 radical (unpaired) electrons. The molecule has 3 heterocycles. The molecule has 1 aliphatic rings. The van der Waals surface area contributed by atoms with Crippen molar-refractivity contribution in [2.24, 2.45) is 5.92 Å². The van der Waals surface area contributed by atoms with Gasteiger partial charge >= 0.3 is 0 Å². The van der Waals surface area contributed by atoms with Crippen molar-refractivity contribution in [3.8, 4) is 0 Å². The average molecular weight is 377 g/mol. The van der Waals surface area contributed by atoms with Gasteiger partial charge in [0.2, 0.25) is 5.91 Å². The maximum Gasteiger partial charge on any atom is 0.262 e. The van der Waals surface area contributed by atoms with Gasteiger partial charge in [0.25, 0.3) is 10.0 Å². The molecule has 0 spiro atoms. The van der Waals surface area contributed by atoms with Crippen molar-refractivity contribution in [2.45, 2.75) is 37.8 Å². The van der Waals surface area contributed by atoms with E-state index in [0.717, 1.165) is 0 Å². The topological polar surface area (TPSA) is 97.2 Å². The number of amides is 1. The van der Waals surface area contributed by atoms with Crippen LogP contribution in [0.15, 0.2) is 42.1 Å². The van der Waals surface area contributed by atoms with Gasteiger partial charge < -0.3 is 9.88 Å². The Morgan fingerprint density at radius 3 is 2.62 bits per heavy atom. The Bertz CT molecular complexity index is 856. The number of rotatable bonds is 5. The Morgan fingerprint density at radius 2 is 2.04 bits per heavy atom. The number of hydrogen-bond acceptors (Lipinski definition) is 5. The number of sulfonamides is 1. The van der Waals surface area contributed by atoms with Crippen molar-refractivity contribution >= 4 is 21.6 Å². The number of carbonyl (C=O) groups is 1. The number of aromatic nitrogens is 3. The van der Waals surface area contributed by atoms with E-state index in [9.17, 15) is 13.2 Å². The van der Waals surface area contributed by atoms with Gasteiger partial charge in [-0.15, -0.1) is 0 Å². The zero-order chi connectivity index (χ0) is 18.7. The van der Waals surface area contributed by atoms with Crippen molar-refractivity contribution in [3.63, 3.8) is 0 Å². The van der Waals surface area contributed by atoms with Crippen LogP contribution in [0, 0.1) is 5.92 Å². The zero-order valence-electron chi connectivity index (χ0n) is 14.9. The number of anilines is 1. The third kappa shape index (κ3) is 3.94. The van der Waals surface area contributed by atoms with Crippen molar-refractivity contribution < 1.29 is 13.2 Å². The highest BCUT2D eigenvalue weighted by molar-refractivity contribution is 7.89. The lowest BCUT2D eigenvalue weighted by Crippen LogP contribution is -2.41. The molecular formula is C17H23N5O3S. The summed E-state index contributed by atoms with van der Waals surface area (Å²) in [5.41, 5.74) is 0.645. The molecule has 1 fully saturated rings. The largest absolute Gasteiger partial charge is 0.334 e. The number of hydrogen-bond donors (Lipinski definition) is 1. The fourth-order valence-electron chi connectivity index (χ4n) is 2.91. The molecule has 3 rings (SSSR count). The Kier molecular flexibility index (Phi) is 5.38. The van der Waals surface area contributed by atoms with Crippen molar-refractivity contribution in [3.05, 3.63) is 37.1 Å². The highest BCUT2D eigenvalue weighted by Gasteiger charge is 2.33. The monoisotopic (exact) mass is 377 g/mol. The molecule has 1 saturated heterocycles. The smallest absolute Gasteiger partial charge is 0.262 e. The van der Waals surface area contributed by atoms with Gasteiger partial charge in [-0.1, -0.05) is 0 Å². The van der Waals surface area contributed by atoms with Crippen molar-refractivity contribution in [1.29, 1.82) is 0 Å². The van der Waals surface area contributed by atoms with E-state index in [-0.39, 0.29) is 22.9 Å². The Morgan fingerprint density at radius 1 is 1.31 bits per heavy atom. The third-order valence-electron chi connectivity index (χ3n) is 4.53. The van der Waals surface area contributed by atoms with E-state index in [1.54, 1.807) is 35.3 Å². The molecule has 0 atom stereocenters. The minimum atomic E-state index is -3.62. The Hall–Kier alpha value is -2.26. The van der Waals surface area contributed by atoms with Gasteiger partial charge in [-0.3, -0.25) is 9.78 Å². The van der Waals surface area contributed by atoms with Crippen molar-refractivity contribution in [2.75, 3.05) is 18.4 Å². The molecule has 0 unspecified atom stereocenters. The van der Waals surface area contributed by atoms with E-state index in [0.29, 0.717) is 31.6 Å². The molecule has 9 heteroatoms. The first-order chi connectivity index (χ1) is 12.4. The van der Waals surface area contributed by atoms with Crippen LogP contribution in [0.1, 0.15) is 32.7 Å². The van der Waals surface area contributed by atoms with Crippen LogP contribution in [0.4, 0.5) is 5.69 Å². The highest BCUT2D eigenvalue weighted by atomic mass is 32.2. The molecular weight excluding hydrogens is 354 g/mol. The maximum absolute atomic E-state index is 12.7. The maximum atomic E-state index is 12.7. The second-order valence-corrected chi connectivity index (χ2v) is 8.55. The summed E-state index contributed by atoms with van der Waals surface area (Å²) in [5, 5.41) is 2.89. The summed E-state index contributed by atoms with van der Waals surface area (Å²) >= 11 is 0. The minimum absolute atomic E-state index is 0.0597. The summed E-state index contributed by atoms with van der Waals surface area (Å²) in [6.07, 6.45) is 7.28. The van der Waals surface area contributed by atoms with Gasteiger partial charge in [-0.2, -0.15) is 4.31 Å². The van der Waals surface area contributed by atoms with Gasteiger partial charge in [0.1, 0.15) is 0 Å². The van der Waals surface area contributed by atoms with E-state index in [4.69, 9.17) is 0 Å². The number of imidazole rings is 1. The van der Waals surface area contributed by atoms with Crippen LogP contribution >= 0.6 is 0 Å². The van der Waals surface area contributed by atoms with E-state index in [1.807, 2.05) is 13.8 Å². The van der Waals surface area contributed by atoms with Crippen LogP contribution in [-0.4, -0.2) is 46.3 Å². The molecule has 0 bridgehead atoms. The Labute approximate surface area is 153 Å². The van der Waals surface area contributed by atoms with Crippen LogP contribution in [0.3, 0.4) is 0 Å². The minimum Gasteiger partial charge on any atom is -0.334 e. The molecule has 1 aliphatic heterocycles. The molecule has 0 saturated carbocycles. The molecule has 8 nitrogen and oxygen atoms in total. The zero-order valence-corrected chi connectivity index (χ0v) is 15.7. The quantitative estimate of drug-likeness (QED) is 0.858. The summed E-state index contributed by atoms with van der Waals surface area (Å²) in [5.74, 6) is -0.311. The normalized spacial score (nSPS) is 16.7. The third-order valence-corrected chi connectivity index (χ3v) is 6.32. The summed E-state index contributed by atoms with van der Waals surface area (Å²) in [6.45, 7) is 4.54. The standard InChI is InChI=1S/C17H23N5O3S/c1-13(2)21-11-16(19-12-21)26(24,25)22-8-5-14(6-9-22)17(23)20-15-4-3-7-18-10-15/h3-4,7,10-14H,5-6,8-9H2,1-2H3,(H,20,23). The molecule has 1 amide bonds. The van der Waals surface area contributed by atoms with E-state index in [2.05, 4.69) is 15.3 Å². The molecule has 2 aromatic rings. The average Bonchev–Trinajstić information content (AvgIpc) is 3.14. The molecule has 0 aromatic carbocycles. The fourth-order valence-corrected chi connectivity index (χ4v) is 4.30. The lowest BCUT2D eigenvalue weighted by molar-refractivity contribution is -0.120. The summed E-state index contributed by atoms with van der Waals surface area (Å²) < 4.78 is 28.6. The number of carbonyl (C=O) groups excluding carboxylic acids is 1. The van der Waals surface area contributed by atoms with E-state index < -0.39 is 10.0 Å². The molecule has 0 aliphatic carbocycles. The summed E-state index contributed by atoms with van der Waals surface area (Å²) in [6, 6.07) is 3.67. The summed E-state index contributed by atoms with van der Waals surface area (Å²) in [7, 11) is -3.62. The van der Waals surface area contributed by atoms with Gasteiger partial charge in [-0.05, 0) is 38.8 Å². The molecule has 140 valence electrons. The number of pyridine rings is 1. The predicted molar refractivity (Wildman–Crippen MR) is 97.0 cm³/mol.